The van der Waals surface area contributed by atoms with E-state index < -0.39 is 0 Å². The van der Waals surface area contributed by atoms with Crippen molar-refractivity contribution in [2.24, 2.45) is 23.0 Å². The van der Waals surface area contributed by atoms with Crippen LogP contribution in [-0.4, -0.2) is 18.5 Å². The Morgan fingerprint density at radius 3 is 2.59 bits per heavy atom. The van der Waals surface area contributed by atoms with Gasteiger partial charge >= 0.3 is 0 Å². The Bertz CT molecular complexity index is 256. The van der Waals surface area contributed by atoms with Crippen LogP contribution in [0.4, 0.5) is 0 Å². The van der Waals surface area contributed by atoms with E-state index in [4.69, 9.17) is 5.73 Å². The molecule has 1 aliphatic rings. The molecule has 0 aromatic carbocycles. The van der Waals surface area contributed by atoms with Crippen molar-refractivity contribution < 1.29 is 4.79 Å². The molecule has 1 rings (SSSR count). The van der Waals surface area contributed by atoms with Gasteiger partial charge in [0, 0.05) is 18.5 Å². The molecule has 3 N–H and O–H groups in total. The lowest BCUT2D eigenvalue weighted by Crippen LogP contribution is -2.47. The SMILES string of the molecule is CC(CN)C(=O)NC1CCC(C)(C)CC1C.Cl. The molecule has 17 heavy (non-hydrogen) atoms. The van der Waals surface area contributed by atoms with Gasteiger partial charge in [0.05, 0.1) is 0 Å². The van der Waals surface area contributed by atoms with E-state index in [9.17, 15) is 4.79 Å². The van der Waals surface area contributed by atoms with Crippen LogP contribution < -0.4 is 11.1 Å². The van der Waals surface area contributed by atoms with Crippen LogP contribution >= 0.6 is 12.4 Å². The molecule has 1 aliphatic carbocycles. The molecule has 0 radical (unpaired) electrons. The van der Waals surface area contributed by atoms with Crippen LogP contribution in [0.3, 0.4) is 0 Å². The number of nitrogens with two attached hydrogens (primary N) is 1. The zero-order valence-corrected chi connectivity index (χ0v) is 12.3. The van der Waals surface area contributed by atoms with Crippen LogP contribution in [0.15, 0.2) is 0 Å². The minimum Gasteiger partial charge on any atom is -0.353 e. The molecule has 0 heterocycles. The normalized spacial score (nSPS) is 29.0. The van der Waals surface area contributed by atoms with E-state index >= 15 is 0 Å². The molecule has 1 fully saturated rings. The molecule has 0 bridgehead atoms. The summed E-state index contributed by atoms with van der Waals surface area (Å²) in [5.41, 5.74) is 5.93. The van der Waals surface area contributed by atoms with Gasteiger partial charge < -0.3 is 11.1 Å². The second kappa shape index (κ2) is 6.60. The summed E-state index contributed by atoms with van der Waals surface area (Å²) in [6.45, 7) is 9.16. The second-order valence-corrected chi connectivity index (χ2v) is 6.14. The van der Waals surface area contributed by atoms with Crippen molar-refractivity contribution in [1.29, 1.82) is 0 Å². The largest absolute Gasteiger partial charge is 0.353 e. The highest BCUT2D eigenvalue weighted by molar-refractivity contribution is 5.85. The molecule has 3 unspecified atom stereocenters. The van der Waals surface area contributed by atoms with E-state index in [1.807, 2.05) is 6.92 Å². The summed E-state index contributed by atoms with van der Waals surface area (Å²) in [6.07, 6.45) is 3.48. The maximum Gasteiger partial charge on any atom is 0.224 e. The van der Waals surface area contributed by atoms with Crippen molar-refractivity contribution in [2.45, 2.75) is 53.0 Å². The molecule has 4 heteroatoms. The van der Waals surface area contributed by atoms with Crippen LogP contribution in [-0.2, 0) is 4.79 Å². The zero-order chi connectivity index (χ0) is 12.3. The first kappa shape index (κ1) is 16.7. The molecule has 1 saturated carbocycles. The number of amides is 1. The van der Waals surface area contributed by atoms with E-state index in [0.717, 1.165) is 6.42 Å². The van der Waals surface area contributed by atoms with Crippen LogP contribution in [0.2, 0.25) is 0 Å². The molecule has 3 atom stereocenters. The highest BCUT2D eigenvalue weighted by Crippen LogP contribution is 2.38. The van der Waals surface area contributed by atoms with E-state index in [1.165, 1.54) is 12.8 Å². The summed E-state index contributed by atoms with van der Waals surface area (Å²) >= 11 is 0. The van der Waals surface area contributed by atoms with E-state index in [2.05, 4.69) is 26.1 Å². The minimum absolute atomic E-state index is 0. The molecule has 0 aromatic rings. The summed E-state index contributed by atoms with van der Waals surface area (Å²) in [6, 6.07) is 0.342. The van der Waals surface area contributed by atoms with Gasteiger partial charge in [-0.1, -0.05) is 27.7 Å². The Kier molecular flexibility index (Phi) is 6.49. The fraction of sp³-hybridized carbons (Fsp3) is 0.923. The Labute approximate surface area is 111 Å². The van der Waals surface area contributed by atoms with E-state index in [-0.39, 0.29) is 24.2 Å². The quantitative estimate of drug-likeness (QED) is 0.820. The van der Waals surface area contributed by atoms with Crippen LogP contribution in [0.1, 0.15) is 47.0 Å². The molecule has 0 spiro atoms. The standard InChI is InChI=1S/C13H26N2O.ClH/c1-9-7-13(3,4)6-5-11(9)15-12(16)10(2)8-14;/h9-11H,5-8,14H2,1-4H3,(H,15,16);1H. The number of hydrogen-bond donors (Lipinski definition) is 2. The average molecular weight is 263 g/mol. The van der Waals surface area contributed by atoms with Gasteiger partial charge in [0.25, 0.3) is 0 Å². The number of carbonyl (C=O) groups excluding carboxylic acids is 1. The van der Waals surface area contributed by atoms with Gasteiger partial charge in [-0.2, -0.15) is 0 Å². The maximum absolute atomic E-state index is 11.8. The first-order valence-corrected chi connectivity index (χ1v) is 6.36. The first-order chi connectivity index (χ1) is 7.35. The minimum atomic E-state index is -0.0675. The Hall–Kier alpha value is -0.280. The summed E-state index contributed by atoms with van der Waals surface area (Å²) < 4.78 is 0. The monoisotopic (exact) mass is 262 g/mol. The number of hydrogen-bond acceptors (Lipinski definition) is 2. The smallest absolute Gasteiger partial charge is 0.224 e. The lowest BCUT2D eigenvalue weighted by Gasteiger charge is -2.39. The van der Waals surface area contributed by atoms with Crippen molar-refractivity contribution in [3.63, 3.8) is 0 Å². The first-order valence-electron chi connectivity index (χ1n) is 6.36. The van der Waals surface area contributed by atoms with Crippen LogP contribution in [0.5, 0.6) is 0 Å². The predicted octanol–water partition coefficient (Wildman–Crippen LogP) is 2.33. The van der Waals surface area contributed by atoms with E-state index in [1.54, 1.807) is 0 Å². The van der Waals surface area contributed by atoms with Crippen molar-refractivity contribution in [3.05, 3.63) is 0 Å². The van der Waals surface area contributed by atoms with Crippen LogP contribution in [0.25, 0.3) is 0 Å². The third-order valence-electron chi connectivity index (χ3n) is 3.82. The summed E-state index contributed by atoms with van der Waals surface area (Å²) in [5, 5.41) is 3.14. The van der Waals surface area contributed by atoms with Gasteiger partial charge in [0.1, 0.15) is 0 Å². The van der Waals surface area contributed by atoms with Gasteiger partial charge in [-0.15, -0.1) is 12.4 Å². The highest BCUT2D eigenvalue weighted by atomic mass is 35.5. The summed E-state index contributed by atoms with van der Waals surface area (Å²) in [4.78, 5) is 11.8. The fourth-order valence-corrected chi connectivity index (χ4v) is 2.59. The summed E-state index contributed by atoms with van der Waals surface area (Å²) in [7, 11) is 0. The third-order valence-corrected chi connectivity index (χ3v) is 3.82. The number of rotatable bonds is 3. The molecule has 0 aliphatic heterocycles. The van der Waals surface area contributed by atoms with Crippen molar-refractivity contribution in [1.82, 2.24) is 5.32 Å². The highest BCUT2D eigenvalue weighted by Gasteiger charge is 2.33. The van der Waals surface area contributed by atoms with E-state index in [0.29, 0.717) is 23.9 Å². The van der Waals surface area contributed by atoms with Crippen molar-refractivity contribution >= 4 is 18.3 Å². The number of nitrogens with one attached hydrogen (secondary N) is 1. The van der Waals surface area contributed by atoms with Crippen LogP contribution in [0, 0.1) is 17.3 Å². The van der Waals surface area contributed by atoms with Gasteiger partial charge in [0.15, 0.2) is 0 Å². The molecular formula is C13H27ClN2O. The van der Waals surface area contributed by atoms with Gasteiger partial charge in [-0.3, -0.25) is 4.79 Å². The lowest BCUT2D eigenvalue weighted by molar-refractivity contribution is -0.125. The number of carbonyl (C=O) groups is 1. The maximum atomic E-state index is 11.8. The topological polar surface area (TPSA) is 55.1 Å². The summed E-state index contributed by atoms with van der Waals surface area (Å²) in [5.74, 6) is 0.610. The molecular weight excluding hydrogens is 236 g/mol. The third kappa shape index (κ3) is 4.84. The van der Waals surface area contributed by atoms with Crippen molar-refractivity contribution in [2.75, 3.05) is 6.54 Å². The molecule has 0 saturated heterocycles. The molecule has 3 nitrogen and oxygen atoms in total. The Morgan fingerprint density at radius 1 is 1.53 bits per heavy atom. The second-order valence-electron chi connectivity index (χ2n) is 6.14. The lowest BCUT2D eigenvalue weighted by atomic mass is 9.70. The molecule has 1 amide bonds. The molecule has 0 aromatic heterocycles. The van der Waals surface area contributed by atoms with Gasteiger partial charge in [-0.25, -0.2) is 0 Å². The fourth-order valence-electron chi connectivity index (χ4n) is 2.59. The zero-order valence-electron chi connectivity index (χ0n) is 11.5. The Morgan fingerprint density at radius 2 is 2.12 bits per heavy atom. The Balaban J connectivity index is 0.00000256. The van der Waals surface area contributed by atoms with Gasteiger partial charge in [-0.05, 0) is 30.6 Å². The van der Waals surface area contributed by atoms with Gasteiger partial charge in [0.2, 0.25) is 5.91 Å². The average Bonchev–Trinajstić information content (AvgIpc) is 2.20. The predicted molar refractivity (Wildman–Crippen MR) is 74.2 cm³/mol. The molecule has 102 valence electrons. The number of halogens is 1. The van der Waals surface area contributed by atoms with Crippen molar-refractivity contribution in [3.8, 4) is 0 Å².